The minimum atomic E-state index is -1.48. The summed E-state index contributed by atoms with van der Waals surface area (Å²) in [6.45, 7) is 0. The highest BCUT2D eigenvalue weighted by Gasteiger charge is 2.21. The predicted molar refractivity (Wildman–Crippen MR) is 60.0 cm³/mol. The Hall–Kier alpha value is -3.37. The summed E-state index contributed by atoms with van der Waals surface area (Å²) in [6, 6.07) is 2.72. The molecule has 0 fully saturated rings. The van der Waals surface area contributed by atoms with E-state index in [9.17, 15) is 25.0 Å². The van der Waals surface area contributed by atoms with Crippen LogP contribution in [-0.4, -0.2) is 31.1 Å². The topological polar surface area (TPSA) is 162 Å². The SMILES string of the molecule is O=C(O)c1nc(-c2cc([N+](=O)[O-])cc([N+](=O)[O-])c2)no1. The molecule has 0 aliphatic carbocycles. The van der Waals surface area contributed by atoms with E-state index in [1.807, 2.05) is 0 Å². The number of nitro benzene ring substituents is 2. The summed E-state index contributed by atoms with van der Waals surface area (Å²) in [4.78, 5) is 33.8. The van der Waals surface area contributed by atoms with Gasteiger partial charge in [0.15, 0.2) is 0 Å². The molecular weight excluding hydrogens is 276 g/mol. The Kier molecular flexibility index (Phi) is 3.08. The van der Waals surface area contributed by atoms with Crippen molar-refractivity contribution in [2.45, 2.75) is 0 Å². The van der Waals surface area contributed by atoms with Crippen molar-refractivity contribution in [2.75, 3.05) is 0 Å². The van der Waals surface area contributed by atoms with Gasteiger partial charge >= 0.3 is 11.9 Å². The fourth-order valence-corrected chi connectivity index (χ4v) is 1.36. The fraction of sp³-hybridized carbons (Fsp3) is 0. The van der Waals surface area contributed by atoms with Crippen LogP contribution in [0.5, 0.6) is 0 Å². The molecule has 0 spiro atoms. The van der Waals surface area contributed by atoms with Crippen molar-refractivity contribution < 1.29 is 24.3 Å². The van der Waals surface area contributed by atoms with Crippen LogP contribution in [0.3, 0.4) is 0 Å². The average molecular weight is 280 g/mol. The van der Waals surface area contributed by atoms with Gasteiger partial charge in [0.2, 0.25) is 5.82 Å². The molecule has 1 aromatic heterocycles. The third-order valence-corrected chi connectivity index (χ3v) is 2.19. The van der Waals surface area contributed by atoms with Gasteiger partial charge in [0, 0.05) is 17.7 Å². The largest absolute Gasteiger partial charge is 0.474 e. The number of aromatic carboxylic acids is 1. The molecule has 1 heterocycles. The molecule has 20 heavy (non-hydrogen) atoms. The first kappa shape index (κ1) is 13.1. The zero-order valence-electron chi connectivity index (χ0n) is 9.42. The van der Waals surface area contributed by atoms with Gasteiger partial charge in [0.25, 0.3) is 11.4 Å². The van der Waals surface area contributed by atoms with Crippen LogP contribution in [0, 0.1) is 20.2 Å². The van der Waals surface area contributed by atoms with E-state index in [0.29, 0.717) is 0 Å². The highest BCUT2D eigenvalue weighted by Crippen LogP contribution is 2.28. The van der Waals surface area contributed by atoms with E-state index >= 15 is 0 Å². The van der Waals surface area contributed by atoms with Crippen LogP contribution in [0.1, 0.15) is 10.7 Å². The second-order valence-electron chi connectivity index (χ2n) is 3.48. The van der Waals surface area contributed by atoms with E-state index in [0.717, 1.165) is 18.2 Å². The van der Waals surface area contributed by atoms with E-state index < -0.39 is 33.1 Å². The zero-order valence-corrected chi connectivity index (χ0v) is 9.42. The van der Waals surface area contributed by atoms with Crippen molar-refractivity contribution in [1.82, 2.24) is 10.1 Å². The summed E-state index contributed by atoms with van der Waals surface area (Å²) < 4.78 is 4.38. The highest BCUT2D eigenvalue weighted by atomic mass is 16.6. The average Bonchev–Trinajstić information content (AvgIpc) is 2.87. The molecule has 0 aliphatic heterocycles. The Morgan fingerprint density at radius 2 is 1.70 bits per heavy atom. The summed E-state index contributed by atoms with van der Waals surface area (Å²) in [5.74, 6) is -2.51. The Labute approximate surface area is 108 Å². The number of carbonyl (C=O) groups is 1. The Bertz CT molecular complexity index is 691. The lowest BCUT2D eigenvalue weighted by molar-refractivity contribution is -0.394. The summed E-state index contributed by atoms with van der Waals surface area (Å²) in [5.41, 5.74) is -1.19. The Morgan fingerprint density at radius 1 is 1.15 bits per heavy atom. The molecule has 2 rings (SSSR count). The van der Waals surface area contributed by atoms with Crippen LogP contribution in [-0.2, 0) is 0 Å². The molecule has 0 radical (unpaired) electrons. The van der Waals surface area contributed by atoms with Gasteiger partial charge < -0.3 is 9.63 Å². The molecule has 102 valence electrons. The first-order chi connectivity index (χ1) is 9.38. The second-order valence-corrected chi connectivity index (χ2v) is 3.48. The van der Waals surface area contributed by atoms with Crippen molar-refractivity contribution in [3.05, 3.63) is 44.3 Å². The van der Waals surface area contributed by atoms with Crippen molar-refractivity contribution in [2.24, 2.45) is 0 Å². The van der Waals surface area contributed by atoms with Crippen molar-refractivity contribution in [1.29, 1.82) is 0 Å². The molecule has 0 saturated carbocycles. The van der Waals surface area contributed by atoms with E-state index in [1.54, 1.807) is 0 Å². The van der Waals surface area contributed by atoms with Crippen molar-refractivity contribution in [3.63, 3.8) is 0 Å². The maximum atomic E-state index is 10.7. The van der Waals surface area contributed by atoms with Crippen LogP contribution < -0.4 is 0 Å². The minimum Gasteiger partial charge on any atom is -0.474 e. The van der Waals surface area contributed by atoms with E-state index in [-0.39, 0.29) is 11.4 Å². The molecule has 0 bridgehead atoms. The number of non-ortho nitro benzene ring substituents is 2. The molecule has 11 heteroatoms. The number of carboxylic acid groups (broad SMARTS) is 1. The monoisotopic (exact) mass is 280 g/mol. The first-order valence-corrected chi connectivity index (χ1v) is 4.89. The molecule has 0 unspecified atom stereocenters. The lowest BCUT2D eigenvalue weighted by Gasteiger charge is -1.96. The van der Waals surface area contributed by atoms with Gasteiger partial charge in [-0.15, -0.1) is 0 Å². The molecule has 2 aromatic rings. The Balaban J connectivity index is 2.57. The zero-order chi connectivity index (χ0) is 14.9. The van der Waals surface area contributed by atoms with E-state index in [4.69, 9.17) is 5.11 Å². The number of hydrogen-bond acceptors (Lipinski definition) is 8. The third kappa shape index (κ3) is 2.40. The number of rotatable bonds is 4. The number of aromatic nitrogens is 2. The number of benzene rings is 1. The standard InChI is InChI=1S/C9H4N4O7/c14-9(15)8-10-7(11-20-8)4-1-5(12(16)17)3-6(2-4)13(18)19/h1-3H,(H,14,15). The first-order valence-electron chi connectivity index (χ1n) is 4.89. The van der Waals surface area contributed by atoms with Crippen molar-refractivity contribution >= 4 is 17.3 Å². The minimum absolute atomic E-state index is 0.0952. The quantitative estimate of drug-likeness (QED) is 0.640. The third-order valence-electron chi connectivity index (χ3n) is 2.19. The number of hydrogen-bond donors (Lipinski definition) is 1. The van der Waals surface area contributed by atoms with Crippen molar-refractivity contribution in [3.8, 4) is 11.4 Å². The van der Waals surface area contributed by atoms with Gasteiger partial charge in [-0.1, -0.05) is 5.16 Å². The van der Waals surface area contributed by atoms with E-state index in [1.165, 1.54) is 0 Å². The smallest absolute Gasteiger partial charge is 0.394 e. The van der Waals surface area contributed by atoms with Crippen LogP contribution in [0.4, 0.5) is 11.4 Å². The van der Waals surface area contributed by atoms with Gasteiger partial charge in [0.05, 0.1) is 15.9 Å². The molecule has 0 amide bonds. The van der Waals surface area contributed by atoms with E-state index in [2.05, 4.69) is 14.7 Å². The van der Waals surface area contributed by atoms with Gasteiger partial charge in [-0.05, 0) is 0 Å². The van der Waals surface area contributed by atoms with Gasteiger partial charge in [0.1, 0.15) is 0 Å². The lowest BCUT2D eigenvalue weighted by Crippen LogP contribution is -1.96. The van der Waals surface area contributed by atoms with Crippen LogP contribution in [0.2, 0.25) is 0 Å². The summed E-state index contributed by atoms with van der Waals surface area (Å²) in [6.07, 6.45) is 0. The van der Waals surface area contributed by atoms with Crippen LogP contribution >= 0.6 is 0 Å². The highest BCUT2D eigenvalue weighted by molar-refractivity contribution is 5.82. The Morgan fingerprint density at radius 3 is 2.10 bits per heavy atom. The summed E-state index contributed by atoms with van der Waals surface area (Å²) in [7, 11) is 0. The summed E-state index contributed by atoms with van der Waals surface area (Å²) >= 11 is 0. The van der Waals surface area contributed by atoms with Gasteiger partial charge in [-0.3, -0.25) is 20.2 Å². The maximum absolute atomic E-state index is 10.7. The van der Waals surface area contributed by atoms with Gasteiger partial charge in [-0.2, -0.15) is 4.98 Å². The molecular formula is C9H4N4O7. The molecule has 0 saturated heterocycles. The number of nitro groups is 2. The molecule has 1 aromatic carbocycles. The fourth-order valence-electron chi connectivity index (χ4n) is 1.36. The number of nitrogens with zero attached hydrogens (tertiary/aromatic N) is 4. The molecule has 1 N–H and O–H groups in total. The molecule has 0 aliphatic rings. The second kappa shape index (κ2) is 4.72. The molecule has 0 atom stereocenters. The van der Waals surface area contributed by atoms with Gasteiger partial charge in [-0.25, -0.2) is 4.79 Å². The lowest BCUT2D eigenvalue weighted by atomic mass is 10.1. The predicted octanol–water partition coefficient (Wildman–Crippen LogP) is 1.25. The van der Waals surface area contributed by atoms with Crippen LogP contribution in [0.15, 0.2) is 22.7 Å². The van der Waals surface area contributed by atoms with Crippen LogP contribution in [0.25, 0.3) is 11.4 Å². The number of carboxylic acids is 1. The maximum Gasteiger partial charge on any atom is 0.394 e. The summed E-state index contributed by atoms with van der Waals surface area (Å²) in [5, 5.41) is 33.3. The normalized spacial score (nSPS) is 10.2. The molecule has 11 nitrogen and oxygen atoms in total.